The Morgan fingerprint density at radius 2 is 0.947 bits per heavy atom. The van der Waals surface area contributed by atoms with Crippen LogP contribution in [-0.2, 0) is 5.41 Å². The van der Waals surface area contributed by atoms with E-state index in [9.17, 15) is 0 Å². The first-order valence-corrected chi connectivity index (χ1v) is 19.5. The molecule has 3 nitrogen and oxygen atoms in total. The van der Waals surface area contributed by atoms with Gasteiger partial charge < -0.3 is 4.42 Å². The van der Waals surface area contributed by atoms with Crippen LogP contribution in [0.5, 0.6) is 0 Å². The predicted molar refractivity (Wildman–Crippen MR) is 234 cm³/mol. The number of benzene rings is 8. The van der Waals surface area contributed by atoms with Crippen molar-refractivity contribution in [3.63, 3.8) is 0 Å². The first-order chi connectivity index (χ1) is 28.1. The molecular weight excluding hydrogens is 693 g/mol. The molecule has 57 heavy (non-hydrogen) atoms. The molecule has 0 saturated heterocycles. The molecule has 0 saturated carbocycles. The molecule has 2 aromatic heterocycles. The fraction of sp³-hybridized carbons (Fsp3) is 0.0370. The lowest BCUT2D eigenvalue weighted by atomic mass is 9.74. The monoisotopic (exact) mass is 728 g/mol. The fourth-order valence-electron chi connectivity index (χ4n) is 8.99. The average Bonchev–Trinajstić information content (AvgIpc) is 3.79. The summed E-state index contributed by atoms with van der Waals surface area (Å²) in [6.07, 6.45) is 0. The fourth-order valence-corrected chi connectivity index (χ4v) is 8.99. The van der Waals surface area contributed by atoms with Crippen molar-refractivity contribution >= 4 is 21.9 Å². The third kappa shape index (κ3) is 5.35. The molecule has 0 spiro atoms. The molecule has 1 unspecified atom stereocenters. The van der Waals surface area contributed by atoms with Crippen LogP contribution in [0.15, 0.2) is 205 Å². The van der Waals surface area contributed by atoms with Gasteiger partial charge in [0, 0.05) is 32.9 Å². The van der Waals surface area contributed by atoms with Crippen LogP contribution in [0.1, 0.15) is 23.6 Å². The summed E-state index contributed by atoms with van der Waals surface area (Å²) >= 11 is 0. The van der Waals surface area contributed by atoms with E-state index in [1.807, 2.05) is 30.3 Å². The molecule has 0 fully saturated rings. The molecule has 1 aliphatic rings. The van der Waals surface area contributed by atoms with Crippen LogP contribution in [0.4, 0.5) is 0 Å². The maximum Gasteiger partial charge on any atom is 0.160 e. The maximum atomic E-state index is 6.19. The molecule has 10 aromatic rings. The number of rotatable bonds is 6. The van der Waals surface area contributed by atoms with Crippen LogP contribution in [0, 0.1) is 0 Å². The van der Waals surface area contributed by atoms with Gasteiger partial charge in [-0.3, -0.25) is 0 Å². The standard InChI is InChI=1S/C54H36N2O/c1-54(38-18-6-3-7-19-38)47-26-14-12-23-42(47)43-30-28-37(33-48(43)54)49-34-50(56-53(55-49)35-16-4-2-5-17-35)44-24-11-10-22-41(44)40-21-9-8-20-39(40)36-29-31-52-46(32-36)45-25-13-15-27-51(45)57-52/h2-34H,1H3. The highest BCUT2D eigenvalue weighted by Crippen LogP contribution is 2.53. The SMILES string of the molecule is CC1(c2ccccc2)c2ccccc2-c2ccc(-c3cc(-c4ccccc4-c4ccccc4-c4ccc5oc6ccccc6c5c4)nc(-c4ccccc4)n3)cc21. The number of aromatic nitrogens is 2. The minimum atomic E-state index is -0.316. The van der Waals surface area contributed by atoms with Gasteiger partial charge in [-0.2, -0.15) is 0 Å². The molecule has 11 rings (SSSR count). The minimum absolute atomic E-state index is 0.316. The summed E-state index contributed by atoms with van der Waals surface area (Å²) in [6.45, 7) is 2.36. The second-order valence-corrected chi connectivity index (χ2v) is 15.0. The van der Waals surface area contributed by atoms with E-state index < -0.39 is 0 Å². The number of para-hydroxylation sites is 1. The molecule has 0 amide bonds. The van der Waals surface area contributed by atoms with E-state index in [1.165, 1.54) is 27.8 Å². The third-order valence-corrected chi connectivity index (χ3v) is 11.8. The summed E-state index contributed by atoms with van der Waals surface area (Å²) in [6, 6.07) is 71.1. The average molecular weight is 729 g/mol. The molecule has 0 N–H and O–H groups in total. The summed E-state index contributed by atoms with van der Waals surface area (Å²) in [5, 5.41) is 2.23. The van der Waals surface area contributed by atoms with Gasteiger partial charge in [0.1, 0.15) is 11.2 Å². The van der Waals surface area contributed by atoms with E-state index in [-0.39, 0.29) is 5.41 Å². The zero-order valence-electron chi connectivity index (χ0n) is 31.4. The van der Waals surface area contributed by atoms with Crippen molar-refractivity contribution in [3.05, 3.63) is 217 Å². The zero-order chi connectivity index (χ0) is 37.9. The molecule has 0 aliphatic heterocycles. The van der Waals surface area contributed by atoms with Gasteiger partial charge in [0.15, 0.2) is 5.82 Å². The van der Waals surface area contributed by atoms with Crippen LogP contribution in [0.25, 0.3) is 89.2 Å². The van der Waals surface area contributed by atoms with Gasteiger partial charge in [-0.15, -0.1) is 0 Å². The Balaban J connectivity index is 1.09. The van der Waals surface area contributed by atoms with Crippen LogP contribution < -0.4 is 0 Å². The van der Waals surface area contributed by atoms with E-state index in [0.717, 1.165) is 72.3 Å². The van der Waals surface area contributed by atoms with Gasteiger partial charge in [-0.25, -0.2) is 9.97 Å². The van der Waals surface area contributed by atoms with Crippen molar-refractivity contribution in [2.24, 2.45) is 0 Å². The normalized spacial score (nSPS) is 14.5. The summed E-state index contributed by atoms with van der Waals surface area (Å²) in [5.74, 6) is 0.693. The lowest BCUT2D eigenvalue weighted by Gasteiger charge is -2.28. The Labute approximate surface area is 331 Å². The van der Waals surface area contributed by atoms with Crippen molar-refractivity contribution in [1.29, 1.82) is 0 Å². The Morgan fingerprint density at radius 3 is 1.75 bits per heavy atom. The number of nitrogens with zero attached hydrogens (tertiary/aromatic N) is 2. The largest absolute Gasteiger partial charge is 0.456 e. The Hall–Kier alpha value is -7.36. The molecule has 0 bridgehead atoms. The van der Waals surface area contributed by atoms with Gasteiger partial charge in [0.25, 0.3) is 0 Å². The summed E-state index contributed by atoms with van der Waals surface area (Å²) in [7, 11) is 0. The predicted octanol–water partition coefficient (Wildman–Crippen LogP) is 14.0. The number of fused-ring (bicyclic) bond motifs is 6. The van der Waals surface area contributed by atoms with Crippen LogP contribution in [-0.4, -0.2) is 9.97 Å². The van der Waals surface area contributed by atoms with E-state index >= 15 is 0 Å². The first kappa shape index (κ1) is 33.0. The topological polar surface area (TPSA) is 38.9 Å². The molecule has 1 aliphatic carbocycles. The van der Waals surface area contributed by atoms with Crippen LogP contribution in [0.3, 0.4) is 0 Å². The highest BCUT2D eigenvalue weighted by atomic mass is 16.3. The van der Waals surface area contributed by atoms with Crippen molar-refractivity contribution < 1.29 is 4.42 Å². The highest BCUT2D eigenvalue weighted by molar-refractivity contribution is 6.07. The second-order valence-electron chi connectivity index (χ2n) is 15.0. The van der Waals surface area contributed by atoms with E-state index in [4.69, 9.17) is 14.4 Å². The molecule has 3 heteroatoms. The van der Waals surface area contributed by atoms with E-state index in [0.29, 0.717) is 5.82 Å². The molecule has 268 valence electrons. The van der Waals surface area contributed by atoms with Gasteiger partial charge in [-0.1, -0.05) is 170 Å². The van der Waals surface area contributed by atoms with Crippen molar-refractivity contribution in [2.45, 2.75) is 12.3 Å². The quantitative estimate of drug-likeness (QED) is 0.171. The van der Waals surface area contributed by atoms with Crippen molar-refractivity contribution in [2.75, 3.05) is 0 Å². The second kappa shape index (κ2) is 13.1. The Kier molecular flexibility index (Phi) is 7.61. The lowest BCUT2D eigenvalue weighted by Crippen LogP contribution is -2.22. The number of furan rings is 1. The molecule has 1 atom stereocenters. The zero-order valence-corrected chi connectivity index (χ0v) is 31.4. The lowest BCUT2D eigenvalue weighted by molar-refractivity contribution is 0.669. The first-order valence-electron chi connectivity index (χ1n) is 19.5. The van der Waals surface area contributed by atoms with Gasteiger partial charge in [0.05, 0.1) is 11.4 Å². The number of hydrogen-bond acceptors (Lipinski definition) is 3. The highest BCUT2D eigenvalue weighted by Gasteiger charge is 2.40. The van der Waals surface area contributed by atoms with Crippen LogP contribution in [0.2, 0.25) is 0 Å². The van der Waals surface area contributed by atoms with Crippen molar-refractivity contribution in [3.8, 4) is 67.3 Å². The van der Waals surface area contributed by atoms with Gasteiger partial charge >= 0.3 is 0 Å². The van der Waals surface area contributed by atoms with Crippen molar-refractivity contribution in [1.82, 2.24) is 9.97 Å². The molecule has 0 radical (unpaired) electrons. The smallest absolute Gasteiger partial charge is 0.160 e. The third-order valence-electron chi connectivity index (χ3n) is 11.8. The number of hydrogen-bond donors (Lipinski definition) is 0. The van der Waals surface area contributed by atoms with Gasteiger partial charge in [-0.05, 0) is 87.3 Å². The Morgan fingerprint density at radius 1 is 0.368 bits per heavy atom. The van der Waals surface area contributed by atoms with E-state index in [2.05, 4.69) is 177 Å². The van der Waals surface area contributed by atoms with Gasteiger partial charge in [0.2, 0.25) is 0 Å². The maximum absolute atomic E-state index is 6.19. The summed E-state index contributed by atoms with van der Waals surface area (Å²) in [5.41, 5.74) is 17.2. The minimum Gasteiger partial charge on any atom is -0.456 e. The summed E-state index contributed by atoms with van der Waals surface area (Å²) < 4.78 is 6.19. The Bertz CT molecular complexity index is 3140. The molecule has 2 heterocycles. The molecule has 8 aromatic carbocycles. The van der Waals surface area contributed by atoms with Crippen LogP contribution >= 0.6 is 0 Å². The van der Waals surface area contributed by atoms with E-state index in [1.54, 1.807) is 0 Å². The summed E-state index contributed by atoms with van der Waals surface area (Å²) in [4.78, 5) is 10.6. The molecular formula is C54H36N2O.